The molecule has 3 saturated carbocycles. The summed E-state index contributed by atoms with van der Waals surface area (Å²) >= 11 is 0. The number of aliphatic hydroxyl groups excluding tert-OH is 1. The number of hydrogen-bond acceptors (Lipinski definition) is 4. The summed E-state index contributed by atoms with van der Waals surface area (Å²) in [6.45, 7) is 15.4. The summed E-state index contributed by atoms with van der Waals surface area (Å²) in [5, 5.41) is 11.9. The van der Waals surface area contributed by atoms with Crippen molar-refractivity contribution in [3.05, 3.63) is 65.2 Å². The maximum atomic E-state index is 11.7. The van der Waals surface area contributed by atoms with Crippen LogP contribution in [0.2, 0.25) is 18.1 Å². The fourth-order valence-electron chi connectivity index (χ4n) is 10.6. The summed E-state index contributed by atoms with van der Waals surface area (Å²) in [7, 11) is -1.94. The molecule has 2 heterocycles. The van der Waals surface area contributed by atoms with Crippen LogP contribution >= 0.6 is 0 Å². The zero-order chi connectivity index (χ0) is 28.4. The number of hydrogen-bond donors (Lipinski definition) is 1. The molecule has 4 aliphatic carbocycles. The number of benzene rings is 2. The average molecular weight is 571 g/mol. The van der Waals surface area contributed by atoms with Crippen LogP contribution < -0.4 is 4.43 Å². The fraction of sp³-hybridized carbons (Fsp3) is 0.667. The largest absolute Gasteiger partial charge is 0.543 e. The Bertz CT molecular complexity index is 1330. The van der Waals surface area contributed by atoms with Crippen LogP contribution in [0.5, 0.6) is 5.75 Å². The summed E-state index contributed by atoms with van der Waals surface area (Å²) in [5.41, 5.74) is 4.87. The molecule has 5 heteroatoms. The van der Waals surface area contributed by atoms with Gasteiger partial charge in [0.2, 0.25) is 8.32 Å². The van der Waals surface area contributed by atoms with Crippen molar-refractivity contribution in [1.82, 2.24) is 9.80 Å². The highest BCUT2D eigenvalue weighted by Crippen LogP contribution is 2.76. The molecule has 2 aromatic carbocycles. The molecule has 4 nitrogen and oxygen atoms in total. The quantitative estimate of drug-likeness (QED) is 0.375. The Kier molecular flexibility index (Phi) is 5.87. The predicted molar refractivity (Wildman–Crippen MR) is 168 cm³/mol. The Morgan fingerprint density at radius 3 is 2.56 bits per heavy atom. The SMILES string of the molecule is CC(C)(C)[Si](C)(C)Oc1ccc2c(c1)C13CCN(CC4CC4)C(C2)C12CCC1C3[C@@H](CN1C(O)c1ccccc1)C2. The van der Waals surface area contributed by atoms with Gasteiger partial charge in [0.05, 0.1) is 0 Å². The molecule has 2 aromatic rings. The van der Waals surface area contributed by atoms with Crippen molar-refractivity contribution < 1.29 is 9.53 Å². The molecule has 0 radical (unpaired) electrons. The first kappa shape index (κ1) is 26.9. The Morgan fingerprint density at radius 1 is 1.05 bits per heavy atom. The Hall–Kier alpha value is -1.66. The zero-order valence-electron chi connectivity index (χ0n) is 25.9. The van der Waals surface area contributed by atoms with E-state index in [1.807, 2.05) is 0 Å². The van der Waals surface area contributed by atoms with Crippen LogP contribution in [0.3, 0.4) is 0 Å². The molecule has 8 rings (SSSR count). The molecule has 220 valence electrons. The van der Waals surface area contributed by atoms with E-state index in [2.05, 4.69) is 92.2 Å². The van der Waals surface area contributed by atoms with Crippen LogP contribution in [0.25, 0.3) is 0 Å². The second-order valence-electron chi connectivity index (χ2n) is 16.3. The van der Waals surface area contributed by atoms with E-state index in [0.29, 0.717) is 29.3 Å². The maximum Gasteiger partial charge on any atom is 0.250 e. The minimum atomic E-state index is -1.94. The van der Waals surface area contributed by atoms with E-state index in [9.17, 15) is 5.11 Å². The van der Waals surface area contributed by atoms with Crippen molar-refractivity contribution >= 4 is 8.32 Å². The van der Waals surface area contributed by atoms with E-state index >= 15 is 0 Å². The van der Waals surface area contributed by atoms with Crippen LogP contribution in [0.4, 0.5) is 0 Å². The number of nitrogens with zero attached hydrogens (tertiary/aromatic N) is 2. The monoisotopic (exact) mass is 570 g/mol. The molecule has 7 atom stereocenters. The normalized spacial score (nSPS) is 37.0. The third-order valence-electron chi connectivity index (χ3n) is 13.4. The second-order valence-corrected chi connectivity index (χ2v) is 21.0. The summed E-state index contributed by atoms with van der Waals surface area (Å²) in [6, 6.07) is 18.9. The van der Waals surface area contributed by atoms with Crippen molar-refractivity contribution in [2.75, 3.05) is 19.6 Å². The molecule has 1 N–H and O–H groups in total. The van der Waals surface area contributed by atoms with Crippen LogP contribution in [0.1, 0.15) is 82.2 Å². The van der Waals surface area contributed by atoms with Gasteiger partial charge in [-0.25, -0.2) is 0 Å². The van der Waals surface area contributed by atoms with E-state index < -0.39 is 14.5 Å². The first-order valence-corrected chi connectivity index (χ1v) is 19.5. The minimum absolute atomic E-state index is 0.179. The second kappa shape index (κ2) is 8.94. The van der Waals surface area contributed by atoms with Crippen molar-refractivity contribution in [3.63, 3.8) is 0 Å². The highest BCUT2D eigenvalue weighted by Gasteiger charge is 2.76. The lowest BCUT2D eigenvalue weighted by Gasteiger charge is -2.67. The third-order valence-corrected chi connectivity index (χ3v) is 17.8. The smallest absolute Gasteiger partial charge is 0.250 e. The van der Waals surface area contributed by atoms with Crippen LogP contribution in [-0.4, -0.2) is 54.9 Å². The lowest BCUT2D eigenvalue weighted by Crippen LogP contribution is -2.69. The zero-order valence-corrected chi connectivity index (χ0v) is 26.9. The van der Waals surface area contributed by atoms with Crippen molar-refractivity contribution in [3.8, 4) is 5.75 Å². The molecule has 0 amide bonds. The van der Waals surface area contributed by atoms with Gasteiger partial charge in [0.1, 0.15) is 12.0 Å². The lowest BCUT2D eigenvalue weighted by atomic mass is 9.43. The Balaban J connectivity index is 1.22. The lowest BCUT2D eigenvalue weighted by molar-refractivity contribution is -0.121. The minimum Gasteiger partial charge on any atom is -0.543 e. The van der Waals surface area contributed by atoms with Gasteiger partial charge in [0.15, 0.2) is 0 Å². The number of aliphatic hydroxyl groups is 1. The van der Waals surface area contributed by atoms with Crippen molar-refractivity contribution in [2.24, 2.45) is 23.2 Å². The Labute approximate surface area is 248 Å². The maximum absolute atomic E-state index is 11.7. The van der Waals surface area contributed by atoms with E-state index in [1.54, 1.807) is 11.1 Å². The standard InChI is InChI=1S/C36H50N2O2Si/c1-34(2,3)41(4,5)40-28-14-13-26-19-31-35-16-15-30-32(27(21-35)23-38(30)33(39)25-9-7-6-8-10-25)36(35,29(26)20-28)17-18-37(31)22-24-11-12-24/h6-10,13-14,20,24,27,30-33,39H,11-12,15-19,21-23H2,1-5H3/t27-,30?,31?,32?,33?,35?,36?/m1/s1. The fourth-order valence-corrected chi connectivity index (χ4v) is 11.6. The molecule has 0 aromatic heterocycles. The molecule has 0 spiro atoms. The summed E-state index contributed by atoms with van der Waals surface area (Å²) < 4.78 is 6.98. The molecule has 2 aliphatic heterocycles. The molecular formula is C36H50N2O2Si. The molecule has 2 saturated heterocycles. The number of rotatable bonds is 6. The van der Waals surface area contributed by atoms with Gasteiger partial charge in [-0.1, -0.05) is 57.2 Å². The van der Waals surface area contributed by atoms with Crippen molar-refractivity contribution in [1.29, 1.82) is 0 Å². The van der Waals surface area contributed by atoms with Gasteiger partial charge < -0.3 is 9.53 Å². The number of piperidine rings is 1. The molecule has 5 fully saturated rings. The molecular weight excluding hydrogens is 520 g/mol. The van der Waals surface area contributed by atoms with Gasteiger partial charge in [-0.2, -0.15) is 0 Å². The van der Waals surface area contributed by atoms with Crippen LogP contribution in [0.15, 0.2) is 48.5 Å². The summed E-state index contributed by atoms with van der Waals surface area (Å²) in [4.78, 5) is 5.48. The molecule has 41 heavy (non-hydrogen) atoms. The van der Waals surface area contributed by atoms with Gasteiger partial charge in [-0.15, -0.1) is 0 Å². The van der Waals surface area contributed by atoms with Gasteiger partial charge in [-0.05, 0) is 122 Å². The number of likely N-dealkylation sites (tertiary alicyclic amines) is 2. The molecule has 6 unspecified atom stereocenters. The van der Waals surface area contributed by atoms with E-state index in [-0.39, 0.29) is 10.5 Å². The summed E-state index contributed by atoms with van der Waals surface area (Å²) in [6.07, 6.45) is 8.74. The molecule has 6 aliphatic rings. The average Bonchev–Trinajstić information content (AvgIpc) is 3.63. The third kappa shape index (κ3) is 3.74. The van der Waals surface area contributed by atoms with Crippen LogP contribution in [-0.2, 0) is 11.8 Å². The van der Waals surface area contributed by atoms with Gasteiger partial charge >= 0.3 is 0 Å². The highest BCUT2D eigenvalue weighted by molar-refractivity contribution is 6.74. The summed E-state index contributed by atoms with van der Waals surface area (Å²) in [5.74, 6) is 3.34. The molecule has 4 bridgehead atoms. The first-order chi connectivity index (χ1) is 19.5. The van der Waals surface area contributed by atoms with Crippen molar-refractivity contribution in [2.45, 2.75) is 108 Å². The van der Waals surface area contributed by atoms with E-state index in [0.717, 1.165) is 23.8 Å². The number of fused-ring (bicyclic) bond motifs is 1. The van der Waals surface area contributed by atoms with Gasteiger partial charge in [0, 0.05) is 30.6 Å². The first-order valence-electron chi connectivity index (χ1n) is 16.6. The van der Waals surface area contributed by atoms with Crippen LogP contribution in [0, 0.1) is 23.2 Å². The Morgan fingerprint density at radius 2 is 1.83 bits per heavy atom. The van der Waals surface area contributed by atoms with E-state index in [4.69, 9.17) is 4.43 Å². The topological polar surface area (TPSA) is 35.9 Å². The van der Waals surface area contributed by atoms with Gasteiger partial charge in [0.25, 0.3) is 0 Å². The van der Waals surface area contributed by atoms with Gasteiger partial charge in [-0.3, -0.25) is 9.80 Å². The van der Waals surface area contributed by atoms with E-state index in [1.165, 1.54) is 58.0 Å². The predicted octanol–water partition coefficient (Wildman–Crippen LogP) is 7.14. The highest BCUT2D eigenvalue weighted by atomic mass is 28.4.